The number of carbonyl (C=O) groups is 1. The van der Waals surface area contributed by atoms with Gasteiger partial charge in [-0.05, 0) is 53.8 Å². The van der Waals surface area contributed by atoms with Crippen LogP contribution in [0.25, 0.3) is 0 Å². The first-order chi connectivity index (χ1) is 14.6. The number of benzene rings is 3. The first-order valence-electron chi connectivity index (χ1n) is 9.89. The number of hydrogen-bond donors (Lipinski definition) is 1. The molecular formula is C25H19ClFNOS. The molecule has 3 aromatic carbocycles. The molecule has 5 rings (SSSR count). The van der Waals surface area contributed by atoms with E-state index in [0.717, 1.165) is 33.0 Å². The van der Waals surface area contributed by atoms with Crippen molar-refractivity contribution in [2.24, 2.45) is 0 Å². The van der Waals surface area contributed by atoms with Crippen molar-refractivity contribution >= 4 is 34.8 Å². The molecule has 0 bridgehead atoms. The maximum absolute atomic E-state index is 13.4. The minimum atomic E-state index is -0.266. The monoisotopic (exact) mass is 435 g/mol. The molecule has 0 saturated carbocycles. The van der Waals surface area contributed by atoms with Crippen molar-refractivity contribution < 1.29 is 9.18 Å². The molecular weight excluding hydrogens is 417 g/mol. The summed E-state index contributed by atoms with van der Waals surface area (Å²) in [6.07, 6.45) is 1.10. The van der Waals surface area contributed by atoms with Gasteiger partial charge < -0.3 is 5.32 Å². The average molecular weight is 436 g/mol. The predicted molar refractivity (Wildman–Crippen MR) is 121 cm³/mol. The fourth-order valence-corrected chi connectivity index (χ4v) is 5.94. The zero-order chi connectivity index (χ0) is 20.7. The number of thioether (sulfide) groups is 1. The molecule has 0 radical (unpaired) electrons. The quantitative estimate of drug-likeness (QED) is 0.463. The van der Waals surface area contributed by atoms with Crippen LogP contribution in [0.2, 0.25) is 5.02 Å². The number of anilines is 1. The number of ketones is 1. The smallest absolute Gasteiger partial charge is 0.162 e. The molecule has 150 valence electrons. The van der Waals surface area contributed by atoms with Gasteiger partial charge in [0.05, 0.1) is 10.9 Å². The Morgan fingerprint density at radius 3 is 2.47 bits per heavy atom. The van der Waals surface area contributed by atoms with Crippen molar-refractivity contribution in [2.45, 2.75) is 28.9 Å². The van der Waals surface area contributed by atoms with Gasteiger partial charge in [0, 0.05) is 27.6 Å². The van der Waals surface area contributed by atoms with Crippen LogP contribution in [0.1, 0.15) is 35.1 Å². The molecule has 0 saturated heterocycles. The highest BCUT2D eigenvalue weighted by Gasteiger charge is 2.37. The molecule has 0 fully saturated rings. The lowest BCUT2D eigenvalue weighted by molar-refractivity contribution is -0.116. The van der Waals surface area contributed by atoms with Gasteiger partial charge >= 0.3 is 0 Å². The lowest BCUT2D eigenvalue weighted by Crippen LogP contribution is -2.24. The van der Waals surface area contributed by atoms with Gasteiger partial charge in [-0.25, -0.2) is 4.39 Å². The molecule has 0 aromatic heterocycles. The summed E-state index contributed by atoms with van der Waals surface area (Å²) in [5, 5.41) is 4.03. The molecule has 2 aliphatic rings. The van der Waals surface area contributed by atoms with Gasteiger partial charge in [-0.3, -0.25) is 4.79 Å². The Morgan fingerprint density at radius 2 is 1.67 bits per heavy atom. The van der Waals surface area contributed by atoms with E-state index in [1.54, 1.807) is 23.9 Å². The van der Waals surface area contributed by atoms with Crippen LogP contribution in [-0.4, -0.2) is 5.78 Å². The van der Waals surface area contributed by atoms with Crippen LogP contribution in [0.3, 0.4) is 0 Å². The van der Waals surface area contributed by atoms with Crippen LogP contribution in [0.5, 0.6) is 0 Å². The standard InChI is InChI=1S/C25H19ClFNOS/c26-19-6-2-1-5-18(19)25-24-21(28-20-7-3-4-8-23(20)30-25)13-16(14-22(24)29)15-9-11-17(27)12-10-15/h1-12,16,25,28H,13-14H2. The zero-order valence-electron chi connectivity index (χ0n) is 16.1. The van der Waals surface area contributed by atoms with Crippen molar-refractivity contribution in [1.29, 1.82) is 0 Å². The summed E-state index contributed by atoms with van der Waals surface area (Å²) in [6.45, 7) is 0. The third kappa shape index (κ3) is 3.55. The van der Waals surface area contributed by atoms with Gasteiger partial charge in [0.25, 0.3) is 0 Å². The summed E-state index contributed by atoms with van der Waals surface area (Å²) in [6, 6.07) is 22.3. The van der Waals surface area contributed by atoms with Crippen LogP contribution in [-0.2, 0) is 4.79 Å². The van der Waals surface area contributed by atoms with Crippen molar-refractivity contribution in [2.75, 3.05) is 5.32 Å². The molecule has 0 spiro atoms. The normalized spacial score (nSPS) is 20.8. The van der Waals surface area contributed by atoms with Gasteiger partial charge in [0.2, 0.25) is 0 Å². The molecule has 2 unspecified atom stereocenters. The van der Waals surface area contributed by atoms with Crippen molar-refractivity contribution in [3.05, 3.63) is 106 Å². The minimum absolute atomic E-state index is 0.0199. The Kier molecular flexibility index (Phi) is 5.13. The first-order valence-corrected chi connectivity index (χ1v) is 11.1. The maximum Gasteiger partial charge on any atom is 0.162 e. The van der Waals surface area contributed by atoms with Crippen LogP contribution >= 0.6 is 23.4 Å². The van der Waals surface area contributed by atoms with E-state index in [0.29, 0.717) is 17.9 Å². The Morgan fingerprint density at radius 1 is 0.933 bits per heavy atom. The zero-order valence-corrected chi connectivity index (χ0v) is 17.6. The highest BCUT2D eigenvalue weighted by atomic mass is 35.5. The fourth-order valence-electron chi connectivity index (χ4n) is 4.25. The second-order valence-electron chi connectivity index (χ2n) is 7.61. The molecule has 0 amide bonds. The van der Waals surface area contributed by atoms with E-state index < -0.39 is 0 Å². The Labute approximate surface area is 184 Å². The lowest BCUT2D eigenvalue weighted by atomic mass is 9.80. The number of allylic oxidation sites excluding steroid dienone is 1. The first kappa shape index (κ1) is 19.4. The minimum Gasteiger partial charge on any atom is -0.358 e. The Bertz CT molecular complexity index is 1160. The van der Waals surface area contributed by atoms with E-state index in [4.69, 9.17) is 11.6 Å². The number of hydrogen-bond acceptors (Lipinski definition) is 3. The van der Waals surface area contributed by atoms with E-state index in [9.17, 15) is 9.18 Å². The van der Waals surface area contributed by atoms with E-state index in [-0.39, 0.29) is 22.8 Å². The number of rotatable bonds is 2. The van der Waals surface area contributed by atoms with Crippen LogP contribution in [0.15, 0.2) is 89.0 Å². The van der Waals surface area contributed by atoms with Crippen molar-refractivity contribution in [3.8, 4) is 0 Å². The van der Waals surface area contributed by atoms with Crippen LogP contribution < -0.4 is 5.32 Å². The number of halogens is 2. The molecule has 5 heteroatoms. The lowest BCUT2D eigenvalue weighted by Gasteiger charge is -2.29. The third-order valence-corrected chi connectivity index (χ3v) is 7.40. The SMILES string of the molecule is O=C1CC(c2ccc(F)cc2)CC2=C1C(c1ccccc1Cl)Sc1ccccc1N2. The third-order valence-electron chi connectivity index (χ3n) is 5.72. The highest BCUT2D eigenvalue weighted by molar-refractivity contribution is 8.00. The van der Waals surface area contributed by atoms with Gasteiger partial charge in [0.15, 0.2) is 5.78 Å². The van der Waals surface area contributed by atoms with E-state index >= 15 is 0 Å². The van der Waals surface area contributed by atoms with Crippen LogP contribution in [0, 0.1) is 5.82 Å². The second-order valence-corrected chi connectivity index (χ2v) is 9.17. The Hall–Kier alpha value is -2.56. The van der Waals surface area contributed by atoms with Crippen molar-refractivity contribution in [3.63, 3.8) is 0 Å². The predicted octanol–water partition coefficient (Wildman–Crippen LogP) is 7.14. The molecule has 3 aromatic rings. The van der Waals surface area contributed by atoms with Crippen LogP contribution in [0.4, 0.5) is 10.1 Å². The van der Waals surface area contributed by atoms with E-state index in [1.165, 1.54) is 12.1 Å². The number of para-hydroxylation sites is 1. The molecule has 1 heterocycles. The molecule has 1 aliphatic heterocycles. The summed E-state index contributed by atoms with van der Waals surface area (Å²) < 4.78 is 13.4. The largest absolute Gasteiger partial charge is 0.358 e. The Balaban J connectivity index is 1.62. The number of carbonyl (C=O) groups excluding carboxylic acids is 1. The topological polar surface area (TPSA) is 29.1 Å². The highest BCUT2D eigenvalue weighted by Crippen LogP contribution is 2.52. The van der Waals surface area contributed by atoms with Gasteiger partial charge in [-0.1, -0.05) is 54.1 Å². The maximum atomic E-state index is 13.4. The molecule has 30 heavy (non-hydrogen) atoms. The van der Waals surface area contributed by atoms with Gasteiger partial charge in [0.1, 0.15) is 5.82 Å². The molecule has 1 N–H and O–H groups in total. The summed E-state index contributed by atoms with van der Waals surface area (Å²) in [4.78, 5) is 14.5. The van der Waals surface area contributed by atoms with E-state index in [2.05, 4.69) is 11.4 Å². The molecule has 1 aliphatic carbocycles. The van der Waals surface area contributed by atoms with Gasteiger partial charge in [-0.2, -0.15) is 0 Å². The van der Waals surface area contributed by atoms with E-state index in [1.807, 2.05) is 42.5 Å². The average Bonchev–Trinajstić information content (AvgIpc) is 2.91. The van der Waals surface area contributed by atoms with Gasteiger partial charge in [-0.15, -0.1) is 11.8 Å². The number of Topliss-reactive ketones (excluding diaryl/α,β-unsaturated/α-hetero) is 1. The molecule has 2 atom stereocenters. The number of fused-ring (bicyclic) bond motifs is 1. The summed E-state index contributed by atoms with van der Waals surface area (Å²) >= 11 is 8.21. The molecule has 2 nitrogen and oxygen atoms in total. The summed E-state index contributed by atoms with van der Waals surface area (Å²) in [5.41, 5.74) is 4.66. The fraction of sp³-hybridized carbons (Fsp3) is 0.160. The summed E-state index contributed by atoms with van der Waals surface area (Å²) in [5.74, 6) is -0.132. The second kappa shape index (κ2) is 7.93. The van der Waals surface area contributed by atoms with Crippen molar-refractivity contribution in [1.82, 2.24) is 0 Å². The summed E-state index contributed by atoms with van der Waals surface area (Å²) in [7, 11) is 0. The number of nitrogens with one attached hydrogen (secondary N) is 1.